The molecule has 3 N–H and O–H groups in total. The number of unbranched alkanes of at least 4 members (excludes halogenated alkanes) is 44. The van der Waals surface area contributed by atoms with Crippen molar-refractivity contribution in [3.05, 3.63) is 24.3 Å². The quantitative estimate of drug-likeness (QED) is 0.0169. The second kappa shape index (κ2) is 73.7. The van der Waals surface area contributed by atoms with Crippen molar-refractivity contribution in [1.29, 1.82) is 0 Å². The lowest BCUT2D eigenvalue weighted by Gasteiger charge is -2.21. The molecule has 0 saturated carbocycles. The number of hydrogen-bond acceptors (Lipinski definition) is 15. The Bertz CT molecular complexity index is 2090. The zero-order valence-electron chi connectivity index (χ0n) is 67.3. The monoisotopic (exact) mass is 1500 g/mol. The number of aliphatic hydroxyl groups excluding tert-OH is 1. The summed E-state index contributed by atoms with van der Waals surface area (Å²) in [5, 5.41) is 10.7. The minimum absolute atomic E-state index is 0.101. The van der Waals surface area contributed by atoms with Crippen molar-refractivity contribution in [3.63, 3.8) is 0 Å². The number of phosphoric acid groups is 2. The normalized spacial score (nSPS) is 14.3. The Morgan fingerprint density at radius 1 is 0.320 bits per heavy atom. The number of hydrogen-bond donors (Lipinski definition) is 3. The van der Waals surface area contributed by atoms with E-state index in [1.807, 2.05) is 0 Å². The van der Waals surface area contributed by atoms with E-state index in [9.17, 15) is 43.2 Å². The summed E-state index contributed by atoms with van der Waals surface area (Å²) in [6, 6.07) is 0. The van der Waals surface area contributed by atoms with E-state index in [0.717, 1.165) is 127 Å². The smallest absolute Gasteiger partial charge is 0.462 e. The summed E-state index contributed by atoms with van der Waals surface area (Å²) in [6.45, 7) is 11.9. The molecule has 608 valence electrons. The zero-order valence-corrected chi connectivity index (χ0v) is 69.1. The first kappa shape index (κ1) is 101. The van der Waals surface area contributed by atoms with Gasteiger partial charge in [-0.15, -0.1) is 0 Å². The van der Waals surface area contributed by atoms with Crippen molar-refractivity contribution >= 4 is 39.5 Å². The van der Waals surface area contributed by atoms with Crippen LogP contribution in [0.1, 0.15) is 414 Å². The van der Waals surface area contributed by atoms with E-state index >= 15 is 0 Å². The molecule has 0 aliphatic rings. The van der Waals surface area contributed by atoms with Crippen LogP contribution in [0.2, 0.25) is 0 Å². The van der Waals surface area contributed by atoms with E-state index in [1.54, 1.807) is 0 Å². The summed E-state index contributed by atoms with van der Waals surface area (Å²) in [5.41, 5.74) is 0. The van der Waals surface area contributed by atoms with Gasteiger partial charge in [-0.1, -0.05) is 362 Å². The van der Waals surface area contributed by atoms with Crippen LogP contribution < -0.4 is 0 Å². The number of aliphatic hydroxyl groups is 1. The van der Waals surface area contributed by atoms with Crippen LogP contribution in [0.25, 0.3) is 0 Å². The molecule has 0 aliphatic heterocycles. The molecule has 3 unspecified atom stereocenters. The number of rotatable bonds is 80. The van der Waals surface area contributed by atoms with E-state index < -0.39 is 97.5 Å². The molecular formula is C84H160O17P2. The largest absolute Gasteiger partial charge is 0.472 e. The summed E-state index contributed by atoms with van der Waals surface area (Å²) in [7, 11) is -9.94. The predicted molar refractivity (Wildman–Crippen MR) is 423 cm³/mol. The van der Waals surface area contributed by atoms with Crippen LogP contribution in [0.4, 0.5) is 0 Å². The van der Waals surface area contributed by atoms with Crippen LogP contribution in [0.3, 0.4) is 0 Å². The second-order valence-electron chi connectivity index (χ2n) is 30.7. The summed E-state index contributed by atoms with van der Waals surface area (Å²) in [5.74, 6) is 0.240. The van der Waals surface area contributed by atoms with Crippen molar-refractivity contribution in [2.24, 2.45) is 17.8 Å². The first-order valence-corrected chi connectivity index (χ1v) is 45.7. The number of carbonyl (C=O) groups is 4. The van der Waals surface area contributed by atoms with E-state index in [2.05, 4.69) is 72.8 Å². The minimum Gasteiger partial charge on any atom is -0.462 e. The predicted octanol–water partition coefficient (Wildman–Crippen LogP) is 24.9. The Hall–Kier alpha value is -2.46. The topological polar surface area (TPSA) is 237 Å². The Kier molecular flexibility index (Phi) is 71.9. The summed E-state index contributed by atoms with van der Waals surface area (Å²) in [6.07, 6.45) is 65.9. The molecule has 0 fully saturated rings. The highest BCUT2D eigenvalue weighted by Gasteiger charge is 2.30. The first-order chi connectivity index (χ1) is 49.8. The van der Waals surface area contributed by atoms with Gasteiger partial charge in [0.1, 0.15) is 19.3 Å². The molecule has 0 saturated heterocycles. The highest BCUT2D eigenvalue weighted by molar-refractivity contribution is 7.47. The minimum atomic E-state index is -4.97. The summed E-state index contributed by atoms with van der Waals surface area (Å²) in [4.78, 5) is 73.1. The van der Waals surface area contributed by atoms with Crippen LogP contribution in [0.5, 0.6) is 0 Å². The molecule has 0 aromatic carbocycles. The fourth-order valence-corrected chi connectivity index (χ4v) is 14.0. The first-order valence-electron chi connectivity index (χ1n) is 42.7. The molecule has 6 atom stereocenters. The Balaban J connectivity index is 5.28. The van der Waals surface area contributed by atoms with E-state index in [0.29, 0.717) is 25.7 Å². The van der Waals surface area contributed by atoms with Gasteiger partial charge in [0.15, 0.2) is 12.2 Å². The van der Waals surface area contributed by atoms with Gasteiger partial charge in [-0.25, -0.2) is 9.13 Å². The molecule has 0 aromatic heterocycles. The second-order valence-corrected chi connectivity index (χ2v) is 33.6. The van der Waals surface area contributed by atoms with Gasteiger partial charge >= 0.3 is 39.5 Å². The molecule has 17 nitrogen and oxygen atoms in total. The van der Waals surface area contributed by atoms with Crippen LogP contribution in [-0.2, 0) is 65.4 Å². The summed E-state index contributed by atoms with van der Waals surface area (Å²) >= 11 is 0. The van der Waals surface area contributed by atoms with Gasteiger partial charge in [-0.05, 0) is 69.1 Å². The zero-order chi connectivity index (χ0) is 75.8. The van der Waals surface area contributed by atoms with Crippen LogP contribution >= 0.6 is 15.6 Å². The SMILES string of the molecule is CCCCCC/C=C\C=C/CCCCCCCC(=O)OC[C@H](COP(=O)(O)OC[C@@H](O)COP(=O)(O)OC[C@@H](COC(=O)CCCCCCCCCCCCC(C)C)OC(=O)CCCCCCCCCCCCC(C)CC)OC(=O)CCCCCCCCCCCCCCCCCCCCC(C)C. The van der Waals surface area contributed by atoms with Crippen molar-refractivity contribution in [3.8, 4) is 0 Å². The molecule has 0 amide bonds. The van der Waals surface area contributed by atoms with Crippen LogP contribution in [0.15, 0.2) is 24.3 Å². The molecule has 0 radical (unpaired) electrons. The molecule has 0 heterocycles. The molecular weight excluding hydrogens is 1340 g/mol. The number of phosphoric ester groups is 2. The Morgan fingerprint density at radius 2 is 0.573 bits per heavy atom. The Labute approximate surface area is 631 Å². The average molecular weight is 1500 g/mol. The number of esters is 4. The standard InChI is InChI=1S/C84H160O17P2/c1-8-10-11-12-13-14-15-16-21-25-28-37-44-51-58-65-81(86)94-71-79(100-83(88)67-60-53-46-39-29-26-23-20-18-17-19-22-24-27-34-41-48-55-62-75(3)4)73-98-102(90,91)96-69-78(85)70-97-103(92,93)99-74-80(72-95-82(87)66-59-52-45-38-32-30-35-42-49-56-63-76(5)6)101-84(89)68-61-54-47-40-33-31-36-43-50-57-64-77(7)9-2/h14-16,21,75-80,85H,8-13,17-20,22-74H2,1-7H3,(H,90,91)(H,92,93)/b15-14-,21-16-/t77?,78-,79-,80-/m1/s1. The average Bonchev–Trinajstić information content (AvgIpc) is 0.929. The number of carbonyl (C=O) groups excluding carboxylic acids is 4. The highest BCUT2D eigenvalue weighted by atomic mass is 31.2. The van der Waals surface area contributed by atoms with Gasteiger partial charge in [0.25, 0.3) is 0 Å². The van der Waals surface area contributed by atoms with Gasteiger partial charge in [0.05, 0.1) is 26.4 Å². The molecule has 0 spiro atoms. The maximum absolute atomic E-state index is 13.1. The van der Waals surface area contributed by atoms with E-state index in [4.69, 9.17) is 37.0 Å². The fourth-order valence-electron chi connectivity index (χ4n) is 12.4. The van der Waals surface area contributed by atoms with E-state index in [1.165, 1.54) is 205 Å². The van der Waals surface area contributed by atoms with Crippen molar-refractivity contribution in [2.45, 2.75) is 433 Å². The third kappa shape index (κ3) is 76.1. The molecule has 19 heteroatoms. The van der Waals surface area contributed by atoms with Gasteiger partial charge in [-0.3, -0.25) is 37.3 Å². The Morgan fingerprint density at radius 3 is 0.864 bits per heavy atom. The molecule has 0 rings (SSSR count). The maximum Gasteiger partial charge on any atom is 0.472 e. The van der Waals surface area contributed by atoms with Crippen LogP contribution in [0, 0.1) is 17.8 Å². The number of ether oxygens (including phenoxy) is 4. The van der Waals surface area contributed by atoms with Crippen molar-refractivity contribution < 1.29 is 80.2 Å². The molecule has 0 bridgehead atoms. The molecule has 0 aromatic rings. The van der Waals surface area contributed by atoms with Crippen molar-refractivity contribution in [1.82, 2.24) is 0 Å². The lowest BCUT2D eigenvalue weighted by Crippen LogP contribution is -2.30. The lowest BCUT2D eigenvalue weighted by molar-refractivity contribution is -0.161. The van der Waals surface area contributed by atoms with Gasteiger partial charge in [0.2, 0.25) is 0 Å². The highest BCUT2D eigenvalue weighted by Crippen LogP contribution is 2.45. The summed E-state index contributed by atoms with van der Waals surface area (Å²) < 4.78 is 68.8. The molecule has 103 heavy (non-hydrogen) atoms. The third-order valence-electron chi connectivity index (χ3n) is 19.4. The van der Waals surface area contributed by atoms with Gasteiger partial charge in [0, 0.05) is 25.7 Å². The van der Waals surface area contributed by atoms with Gasteiger partial charge < -0.3 is 33.8 Å². The van der Waals surface area contributed by atoms with Crippen molar-refractivity contribution in [2.75, 3.05) is 39.6 Å². The number of allylic oxidation sites excluding steroid dienone is 4. The molecule has 0 aliphatic carbocycles. The third-order valence-corrected chi connectivity index (χ3v) is 21.3. The van der Waals surface area contributed by atoms with E-state index in [-0.39, 0.29) is 25.7 Å². The van der Waals surface area contributed by atoms with Gasteiger partial charge in [-0.2, -0.15) is 0 Å². The van der Waals surface area contributed by atoms with Crippen LogP contribution in [-0.4, -0.2) is 96.7 Å². The lowest BCUT2D eigenvalue weighted by atomic mass is 9.99. The fraction of sp³-hybridized carbons (Fsp3) is 0.905. The maximum atomic E-state index is 13.1.